The molecular formula is C13H24N4. The second kappa shape index (κ2) is 7.87. The first-order valence-corrected chi connectivity index (χ1v) is 6.53. The fourth-order valence-corrected chi connectivity index (χ4v) is 1.43. The van der Waals surface area contributed by atoms with Crippen molar-refractivity contribution in [2.24, 2.45) is 5.92 Å². The Bertz CT molecular complexity index is 312. The summed E-state index contributed by atoms with van der Waals surface area (Å²) in [7, 11) is 0. The highest BCUT2D eigenvalue weighted by atomic mass is 15.1. The summed E-state index contributed by atoms with van der Waals surface area (Å²) < 4.78 is 0. The van der Waals surface area contributed by atoms with Gasteiger partial charge in [-0.3, -0.25) is 0 Å². The lowest BCUT2D eigenvalue weighted by Crippen LogP contribution is -2.11. The molecule has 0 spiro atoms. The van der Waals surface area contributed by atoms with Gasteiger partial charge in [0.15, 0.2) is 0 Å². The van der Waals surface area contributed by atoms with Gasteiger partial charge in [-0.2, -0.15) is 4.98 Å². The molecule has 0 saturated carbocycles. The molecule has 0 aliphatic rings. The van der Waals surface area contributed by atoms with Gasteiger partial charge < -0.3 is 10.6 Å². The molecule has 0 aliphatic heterocycles. The van der Waals surface area contributed by atoms with Crippen molar-refractivity contribution in [2.45, 2.75) is 40.0 Å². The Hall–Kier alpha value is -1.32. The number of rotatable bonds is 8. The van der Waals surface area contributed by atoms with Crippen LogP contribution in [0.1, 0.15) is 40.0 Å². The second-order valence-electron chi connectivity index (χ2n) is 4.67. The molecule has 0 fully saturated rings. The van der Waals surface area contributed by atoms with Gasteiger partial charge >= 0.3 is 0 Å². The van der Waals surface area contributed by atoms with Gasteiger partial charge in [0, 0.05) is 19.3 Å². The van der Waals surface area contributed by atoms with Gasteiger partial charge in [0.25, 0.3) is 0 Å². The van der Waals surface area contributed by atoms with Crippen molar-refractivity contribution in [3.63, 3.8) is 0 Å². The number of aromatic nitrogens is 2. The maximum Gasteiger partial charge on any atom is 0.224 e. The van der Waals surface area contributed by atoms with E-state index in [0.29, 0.717) is 5.92 Å². The highest BCUT2D eigenvalue weighted by Crippen LogP contribution is 2.07. The molecule has 1 heterocycles. The average Bonchev–Trinajstić information content (AvgIpc) is 2.33. The number of anilines is 2. The number of nitrogens with one attached hydrogen (secondary N) is 2. The molecule has 0 aliphatic carbocycles. The third kappa shape index (κ3) is 6.09. The maximum atomic E-state index is 4.41. The van der Waals surface area contributed by atoms with Gasteiger partial charge in [0.05, 0.1) is 0 Å². The van der Waals surface area contributed by atoms with E-state index < -0.39 is 0 Å². The summed E-state index contributed by atoms with van der Waals surface area (Å²) in [6.07, 6.45) is 5.44. The number of hydrogen-bond acceptors (Lipinski definition) is 4. The van der Waals surface area contributed by atoms with E-state index in [0.717, 1.165) is 24.9 Å². The van der Waals surface area contributed by atoms with Crippen LogP contribution in [0.25, 0.3) is 0 Å². The van der Waals surface area contributed by atoms with Crippen LogP contribution in [0.2, 0.25) is 0 Å². The average molecular weight is 236 g/mol. The van der Waals surface area contributed by atoms with Gasteiger partial charge in [0.1, 0.15) is 5.82 Å². The van der Waals surface area contributed by atoms with Crippen LogP contribution in [-0.4, -0.2) is 23.1 Å². The van der Waals surface area contributed by atoms with Gasteiger partial charge in [-0.05, 0) is 18.4 Å². The molecule has 0 atom stereocenters. The molecule has 0 saturated heterocycles. The quantitative estimate of drug-likeness (QED) is 0.681. The SMILES string of the molecule is CCCCCNc1nccc(NCC(C)C)n1. The van der Waals surface area contributed by atoms with E-state index in [1.807, 2.05) is 6.07 Å². The van der Waals surface area contributed by atoms with Gasteiger partial charge in [0.2, 0.25) is 5.95 Å². The Balaban J connectivity index is 2.37. The lowest BCUT2D eigenvalue weighted by molar-refractivity contribution is 0.686. The maximum absolute atomic E-state index is 4.41. The zero-order valence-corrected chi connectivity index (χ0v) is 11.2. The van der Waals surface area contributed by atoms with E-state index in [9.17, 15) is 0 Å². The minimum Gasteiger partial charge on any atom is -0.370 e. The minimum absolute atomic E-state index is 0.617. The zero-order chi connectivity index (χ0) is 12.5. The summed E-state index contributed by atoms with van der Waals surface area (Å²) in [5.74, 6) is 2.23. The molecule has 0 bridgehead atoms. The normalized spacial score (nSPS) is 10.6. The fraction of sp³-hybridized carbons (Fsp3) is 0.692. The van der Waals surface area contributed by atoms with Crippen LogP contribution >= 0.6 is 0 Å². The Kier molecular flexibility index (Phi) is 6.37. The zero-order valence-electron chi connectivity index (χ0n) is 11.2. The molecule has 1 rings (SSSR count). The molecule has 17 heavy (non-hydrogen) atoms. The molecule has 2 N–H and O–H groups in total. The van der Waals surface area contributed by atoms with Crippen molar-refractivity contribution < 1.29 is 0 Å². The van der Waals surface area contributed by atoms with Crippen molar-refractivity contribution in [3.05, 3.63) is 12.3 Å². The molecule has 4 heteroatoms. The van der Waals surface area contributed by atoms with Crippen LogP contribution in [-0.2, 0) is 0 Å². The molecule has 1 aromatic rings. The standard InChI is InChI=1S/C13H24N4/c1-4-5-6-8-14-13-15-9-7-12(17-13)16-10-11(2)3/h7,9,11H,4-6,8,10H2,1-3H3,(H2,14,15,16,17). The highest BCUT2D eigenvalue weighted by molar-refractivity contribution is 5.39. The number of hydrogen-bond donors (Lipinski definition) is 2. The van der Waals surface area contributed by atoms with Crippen molar-refractivity contribution in [3.8, 4) is 0 Å². The van der Waals surface area contributed by atoms with Crippen LogP contribution in [0.15, 0.2) is 12.3 Å². The van der Waals surface area contributed by atoms with E-state index in [1.54, 1.807) is 6.20 Å². The van der Waals surface area contributed by atoms with Crippen LogP contribution < -0.4 is 10.6 Å². The molecule has 4 nitrogen and oxygen atoms in total. The summed E-state index contributed by atoms with van der Waals surface area (Å²) in [5, 5.41) is 6.54. The molecule has 1 aromatic heterocycles. The predicted octanol–water partition coefficient (Wildman–Crippen LogP) is 3.15. The van der Waals surface area contributed by atoms with Crippen molar-refractivity contribution in [2.75, 3.05) is 23.7 Å². The van der Waals surface area contributed by atoms with Crippen LogP contribution in [0.3, 0.4) is 0 Å². The van der Waals surface area contributed by atoms with Gasteiger partial charge in [-0.1, -0.05) is 33.6 Å². The molecule has 96 valence electrons. The third-order valence-corrected chi connectivity index (χ3v) is 2.41. The third-order valence-electron chi connectivity index (χ3n) is 2.41. The van der Waals surface area contributed by atoms with E-state index >= 15 is 0 Å². The summed E-state index contributed by atoms with van der Waals surface area (Å²) >= 11 is 0. The Morgan fingerprint density at radius 3 is 2.76 bits per heavy atom. The molecule has 0 aromatic carbocycles. The van der Waals surface area contributed by atoms with E-state index in [-0.39, 0.29) is 0 Å². The molecule has 0 amide bonds. The monoisotopic (exact) mass is 236 g/mol. The number of nitrogens with zero attached hydrogens (tertiary/aromatic N) is 2. The summed E-state index contributed by atoms with van der Waals surface area (Å²) in [6.45, 7) is 8.44. The lowest BCUT2D eigenvalue weighted by atomic mass is 10.2. The van der Waals surface area contributed by atoms with Crippen molar-refractivity contribution >= 4 is 11.8 Å². The first kappa shape index (κ1) is 13.7. The van der Waals surface area contributed by atoms with Crippen LogP contribution in [0.5, 0.6) is 0 Å². The molecule has 0 unspecified atom stereocenters. The largest absolute Gasteiger partial charge is 0.370 e. The van der Waals surface area contributed by atoms with Gasteiger partial charge in [-0.25, -0.2) is 4.98 Å². The Morgan fingerprint density at radius 2 is 2.06 bits per heavy atom. The first-order valence-electron chi connectivity index (χ1n) is 6.53. The summed E-state index contributed by atoms with van der Waals surface area (Å²) in [5.41, 5.74) is 0. The van der Waals surface area contributed by atoms with E-state index in [4.69, 9.17) is 0 Å². The van der Waals surface area contributed by atoms with Crippen LogP contribution in [0.4, 0.5) is 11.8 Å². The second-order valence-corrected chi connectivity index (χ2v) is 4.67. The topological polar surface area (TPSA) is 49.8 Å². The summed E-state index contributed by atoms with van der Waals surface area (Å²) in [6, 6.07) is 1.90. The van der Waals surface area contributed by atoms with Gasteiger partial charge in [-0.15, -0.1) is 0 Å². The summed E-state index contributed by atoms with van der Waals surface area (Å²) in [4.78, 5) is 8.61. The lowest BCUT2D eigenvalue weighted by Gasteiger charge is -2.09. The smallest absolute Gasteiger partial charge is 0.224 e. The number of unbranched alkanes of at least 4 members (excludes halogenated alkanes) is 2. The molecular weight excluding hydrogens is 212 g/mol. The Labute approximate surface area is 104 Å². The predicted molar refractivity (Wildman–Crippen MR) is 73.4 cm³/mol. The highest BCUT2D eigenvalue weighted by Gasteiger charge is 1.99. The fourth-order valence-electron chi connectivity index (χ4n) is 1.43. The Morgan fingerprint density at radius 1 is 1.24 bits per heavy atom. The van der Waals surface area contributed by atoms with E-state index in [1.165, 1.54) is 19.3 Å². The first-order chi connectivity index (χ1) is 8.22. The van der Waals surface area contributed by atoms with Crippen molar-refractivity contribution in [1.82, 2.24) is 9.97 Å². The minimum atomic E-state index is 0.617. The van der Waals surface area contributed by atoms with E-state index in [2.05, 4.69) is 41.4 Å². The van der Waals surface area contributed by atoms with Crippen LogP contribution in [0, 0.1) is 5.92 Å². The molecule has 0 radical (unpaired) electrons. The van der Waals surface area contributed by atoms with Crippen molar-refractivity contribution in [1.29, 1.82) is 0 Å².